The van der Waals surface area contributed by atoms with Crippen molar-refractivity contribution in [2.24, 2.45) is 0 Å². The van der Waals surface area contributed by atoms with Gasteiger partial charge in [-0.3, -0.25) is 8.78 Å². The van der Waals surface area contributed by atoms with Crippen molar-refractivity contribution in [3.63, 3.8) is 0 Å². The first kappa shape index (κ1) is 15.2. The Morgan fingerprint density at radius 1 is 1.41 bits per heavy atom. The van der Waals surface area contributed by atoms with Crippen LogP contribution in [0, 0.1) is 0 Å². The van der Waals surface area contributed by atoms with E-state index in [1.54, 1.807) is 18.0 Å². The topological polar surface area (TPSA) is 66.2 Å². The van der Waals surface area contributed by atoms with Gasteiger partial charge in [0.25, 0.3) is 0 Å². The van der Waals surface area contributed by atoms with Crippen LogP contribution in [-0.2, 0) is 15.5 Å². The minimum absolute atomic E-state index is 0.0393. The molecular formula is C15H19N3O3S. The summed E-state index contributed by atoms with van der Waals surface area (Å²) in [5.74, 6) is 1.14. The van der Waals surface area contributed by atoms with Crippen molar-refractivity contribution in [1.29, 1.82) is 0 Å². The van der Waals surface area contributed by atoms with Crippen molar-refractivity contribution in [2.45, 2.75) is 30.5 Å². The monoisotopic (exact) mass is 321 g/mol. The van der Waals surface area contributed by atoms with Gasteiger partial charge in [-0.2, -0.15) is 0 Å². The first-order chi connectivity index (χ1) is 10.8. The number of para-hydroxylation sites is 2. The SMILES string of the molecule is COc1ccccc1-n1cnnc1[S@](=O)C[C@@H]1CCCCO1. The van der Waals surface area contributed by atoms with Gasteiger partial charge in [-0.05, 0) is 31.4 Å². The van der Waals surface area contributed by atoms with Gasteiger partial charge in [0.15, 0.2) is 0 Å². The van der Waals surface area contributed by atoms with E-state index in [1.165, 1.54) is 0 Å². The molecule has 7 heteroatoms. The summed E-state index contributed by atoms with van der Waals surface area (Å²) in [5.41, 5.74) is 0.780. The summed E-state index contributed by atoms with van der Waals surface area (Å²) < 4.78 is 25.4. The molecule has 1 aliphatic heterocycles. The zero-order valence-electron chi connectivity index (χ0n) is 12.5. The minimum atomic E-state index is -1.26. The van der Waals surface area contributed by atoms with Crippen molar-refractivity contribution in [1.82, 2.24) is 14.8 Å². The highest BCUT2D eigenvalue weighted by Crippen LogP contribution is 2.24. The summed E-state index contributed by atoms with van der Waals surface area (Å²) in [4.78, 5) is 0. The van der Waals surface area contributed by atoms with Gasteiger partial charge < -0.3 is 9.47 Å². The standard InChI is InChI=1S/C15H19N3O3S/c1-20-14-8-3-2-7-13(14)18-11-16-17-15(18)22(19)10-12-6-4-5-9-21-12/h2-3,7-8,11-12H,4-6,9-10H2,1H3/t12-,22+/m0/s1. The van der Waals surface area contributed by atoms with E-state index < -0.39 is 10.8 Å². The molecule has 0 aliphatic carbocycles. The van der Waals surface area contributed by atoms with E-state index in [4.69, 9.17) is 9.47 Å². The molecule has 2 aromatic rings. The smallest absolute Gasteiger partial charge is 0.226 e. The fraction of sp³-hybridized carbons (Fsp3) is 0.467. The van der Waals surface area contributed by atoms with E-state index in [1.807, 2.05) is 24.3 Å². The van der Waals surface area contributed by atoms with E-state index >= 15 is 0 Å². The molecule has 0 unspecified atom stereocenters. The molecule has 0 saturated carbocycles. The summed E-state index contributed by atoms with van der Waals surface area (Å²) in [6, 6.07) is 7.53. The van der Waals surface area contributed by atoms with Crippen LogP contribution in [0.5, 0.6) is 5.75 Å². The molecule has 3 rings (SSSR count). The third-order valence-corrected chi connectivity index (χ3v) is 5.04. The van der Waals surface area contributed by atoms with Crippen molar-refractivity contribution in [3.8, 4) is 11.4 Å². The average Bonchev–Trinajstić information content (AvgIpc) is 3.05. The van der Waals surface area contributed by atoms with Crippen LogP contribution >= 0.6 is 0 Å². The molecule has 0 N–H and O–H groups in total. The summed E-state index contributed by atoms with van der Waals surface area (Å²) in [6.07, 6.45) is 4.76. The normalized spacial score (nSPS) is 19.8. The lowest BCUT2D eigenvalue weighted by Crippen LogP contribution is -2.26. The molecule has 0 radical (unpaired) electrons. The molecule has 1 aliphatic rings. The molecule has 22 heavy (non-hydrogen) atoms. The Labute approximate surface area is 131 Å². The van der Waals surface area contributed by atoms with Crippen molar-refractivity contribution in [3.05, 3.63) is 30.6 Å². The van der Waals surface area contributed by atoms with E-state index in [0.717, 1.165) is 31.6 Å². The molecule has 6 nitrogen and oxygen atoms in total. The molecule has 0 bridgehead atoms. The third-order valence-electron chi connectivity index (χ3n) is 3.68. The fourth-order valence-electron chi connectivity index (χ4n) is 2.56. The molecule has 0 spiro atoms. The Kier molecular flexibility index (Phi) is 4.84. The number of rotatable bonds is 5. The molecular weight excluding hydrogens is 302 g/mol. The number of benzene rings is 1. The van der Waals surface area contributed by atoms with Crippen LogP contribution in [0.15, 0.2) is 35.7 Å². The van der Waals surface area contributed by atoms with Crippen LogP contribution < -0.4 is 4.74 Å². The van der Waals surface area contributed by atoms with Crippen LogP contribution in [0.1, 0.15) is 19.3 Å². The molecule has 1 aromatic heterocycles. The van der Waals surface area contributed by atoms with E-state index in [-0.39, 0.29) is 6.10 Å². The van der Waals surface area contributed by atoms with Crippen molar-refractivity contribution < 1.29 is 13.7 Å². The number of methoxy groups -OCH3 is 1. The van der Waals surface area contributed by atoms with Crippen LogP contribution in [0.4, 0.5) is 0 Å². The second-order valence-electron chi connectivity index (χ2n) is 5.16. The van der Waals surface area contributed by atoms with Crippen molar-refractivity contribution in [2.75, 3.05) is 19.5 Å². The lowest BCUT2D eigenvalue weighted by Gasteiger charge is -2.21. The Morgan fingerprint density at radius 3 is 3.05 bits per heavy atom. The molecule has 1 saturated heterocycles. The highest BCUT2D eigenvalue weighted by Gasteiger charge is 2.22. The maximum absolute atomic E-state index is 12.6. The summed E-state index contributed by atoms with van der Waals surface area (Å²) in [7, 11) is 0.343. The number of ether oxygens (including phenoxy) is 2. The van der Waals surface area contributed by atoms with E-state index in [2.05, 4.69) is 10.2 Å². The minimum Gasteiger partial charge on any atom is -0.495 e. The number of aromatic nitrogens is 3. The molecule has 1 aromatic carbocycles. The Bertz CT molecular complexity index is 653. The Morgan fingerprint density at radius 2 is 2.27 bits per heavy atom. The van der Waals surface area contributed by atoms with Crippen LogP contribution in [0.25, 0.3) is 5.69 Å². The Hall–Kier alpha value is -1.73. The largest absolute Gasteiger partial charge is 0.495 e. The van der Waals surface area contributed by atoms with Gasteiger partial charge in [0.1, 0.15) is 12.1 Å². The lowest BCUT2D eigenvalue weighted by atomic mass is 10.1. The third kappa shape index (κ3) is 3.20. The fourth-order valence-corrected chi connectivity index (χ4v) is 3.81. The summed E-state index contributed by atoms with van der Waals surface area (Å²) in [5, 5.41) is 8.38. The zero-order chi connectivity index (χ0) is 15.4. The molecule has 2 heterocycles. The highest BCUT2D eigenvalue weighted by atomic mass is 32.2. The molecule has 2 atom stereocenters. The van der Waals surface area contributed by atoms with Gasteiger partial charge in [0, 0.05) is 6.61 Å². The van der Waals surface area contributed by atoms with Gasteiger partial charge in [0.2, 0.25) is 5.16 Å². The van der Waals surface area contributed by atoms with Crippen LogP contribution in [0.3, 0.4) is 0 Å². The maximum atomic E-state index is 12.6. The number of hydrogen-bond acceptors (Lipinski definition) is 5. The quantitative estimate of drug-likeness (QED) is 0.842. The maximum Gasteiger partial charge on any atom is 0.226 e. The molecule has 0 amide bonds. The van der Waals surface area contributed by atoms with E-state index in [0.29, 0.717) is 16.7 Å². The summed E-state index contributed by atoms with van der Waals surface area (Å²) >= 11 is 0. The zero-order valence-corrected chi connectivity index (χ0v) is 13.3. The van der Waals surface area contributed by atoms with Gasteiger partial charge in [-0.15, -0.1) is 10.2 Å². The summed E-state index contributed by atoms with van der Waals surface area (Å²) in [6.45, 7) is 0.751. The number of hydrogen-bond donors (Lipinski definition) is 0. The van der Waals surface area contributed by atoms with Crippen LogP contribution in [-0.4, -0.2) is 44.5 Å². The molecule has 1 fully saturated rings. The van der Waals surface area contributed by atoms with Gasteiger partial charge in [0.05, 0.1) is 35.5 Å². The first-order valence-corrected chi connectivity index (χ1v) is 8.65. The molecule has 118 valence electrons. The van der Waals surface area contributed by atoms with Gasteiger partial charge in [-0.1, -0.05) is 12.1 Å². The van der Waals surface area contributed by atoms with Crippen molar-refractivity contribution >= 4 is 10.8 Å². The number of nitrogens with zero attached hydrogens (tertiary/aromatic N) is 3. The predicted octanol–water partition coefficient (Wildman–Crippen LogP) is 1.95. The highest BCUT2D eigenvalue weighted by molar-refractivity contribution is 7.84. The first-order valence-electron chi connectivity index (χ1n) is 7.33. The second-order valence-corrected chi connectivity index (χ2v) is 6.55. The van der Waals surface area contributed by atoms with Gasteiger partial charge in [-0.25, -0.2) is 0 Å². The van der Waals surface area contributed by atoms with Crippen LogP contribution in [0.2, 0.25) is 0 Å². The Balaban J connectivity index is 1.83. The van der Waals surface area contributed by atoms with E-state index in [9.17, 15) is 4.21 Å². The van der Waals surface area contributed by atoms with Gasteiger partial charge >= 0.3 is 0 Å². The lowest BCUT2D eigenvalue weighted by molar-refractivity contribution is 0.0309. The average molecular weight is 321 g/mol. The predicted molar refractivity (Wildman–Crippen MR) is 82.8 cm³/mol. The second kappa shape index (κ2) is 7.02.